The maximum Gasteiger partial charge on any atom is 0.327 e. The molecule has 0 aliphatic heterocycles. The van der Waals surface area contributed by atoms with Crippen molar-refractivity contribution in [3.8, 4) is 0 Å². The molecule has 4 nitrogen and oxygen atoms in total. The molecule has 0 bridgehead atoms. The molecule has 0 atom stereocenters. The maximum absolute atomic E-state index is 11.5. The summed E-state index contributed by atoms with van der Waals surface area (Å²) in [5.74, 6) is 0. The van der Waals surface area contributed by atoms with Gasteiger partial charge in [-0.05, 0) is 26.0 Å². The lowest BCUT2D eigenvalue weighted by Gasteiger charge is -2.05. The Morgan fingerprint density at radius 2 is 2.21 bits per heavy atom. The summed E-state index contributed by atoms with van der Waals surface area (Å²) in [6, 6.07) is 3.48. The van der Waals surface area contributed by atoms with E-state index in [1.807, 2.05) is 13.8 Å². The van der Waals surface area contributed by atoms with Gasteiger partial charge < -0.3 is 4.98 Å². The van der Waals surface area contributed by atoms with Gasteiger partial charge in [0.2, 0.25) is 0 Å². The summed E-state index contributed by atoms with van der Waals surface area (Å²) in [6.45, 7) is 3.86. The van der Waals surface area contributed by atoms with Crippen LogP contribution in [0, 0.1) is 0 Å². The second-order valence-corrected chi connectivity index (χ2v) is 3.79. The number of nitrogens with one attached hydrogen (secondary N) is 1. The van der Waals surface area contributed by atoms with Crippen LogP contribution in [0.25, 0.3) is 11.2 Å². The van der Waals surface area contributed by atoms with E-state index in [-0.39, 0.29) is 11.7 Å². The molecule has 5 heteroatoms. The summed E-state index contributed by atoms with van der Waals surface area (Å²) in [7, 11) is 0. The van der Waals surface area contributed by atoms with Gasteiger partial charge in [0.15, 0.2) is 5.65 Å². The fraction of sp³-hybridized carbons (Fsp3) is 0.333. The van der Waals surface area contributed by atoms with Gasteiger partial charge >= 0.3 is 5.69 Å². The molecule has 0 radical (unpaired) electrons. The highest BCUT2D eigenvalue weighted by Gasteiger charge is 2.10. The standard InChI is InChI=1S/C9H10ClN3O/c1-5(2)13-8-6(11-9(13)14)3-4-7(10)12-8/h3-5H,1-2H3,(H,11,14). The number of imidazole rings is 1. The van der Waals surface area contributed by atoms with E-state index in [0.717, 1.165) is 0 Å². The topological polar surface area (TPSA) is 50.7 Å². The summed E-state index contributed by atoms with van der Waals surface area (Å²) < 4.78 is 1.58. The van der Waals surface area contributed by atoms with Gasteiger partial charge in [-0.15, -0.1) is 0 Å². The van der Waals surface area contributed by atoms with Gasteiger partial charge in [0.25, 0.3) is 0 Å². The third kappa shape index (κ3) is 1.32. The van der Waals surface area contributed by atoms with Crippen molar-refractivity contribution in [2.75, 3.05) is 0 Å². The third-order valence-corrected chi connectivity index (χ3v) is 2.26. The molecular formula is C9H10ClN3O. The second-order valence-electron chi connectivity index (χ2n) is 3.40. The molecule has 14 heavy (non-hydrogen) atoms. The summed E-state index contributed by atoms with van der Waals surface area (Å²) in [6.07, 6.45) is 0. The van der Waals surface area contributed by atoms with E-state index in [4.69, 9.17) is 11.6 Å². The van der Waals surface area contributed by atoms with Gasteiger partial charge in [-0.1, -0.05) is 11.6 Å². The van der Waals surface area contributed by atoms with Crippen molar-refractivity contribution in [3.05, 3.63) is 27.8 Å². The van der Waals surface area contributed by atoms with Crippen LogP contribution in [0.3, 0.4) is 0 Å². The smallest absolute Gasteiger partial charge is 0.304 e. The minimum absolute atomic E-state index is 0.0715. The van der Waals surface area contributed by atoms with Crippen LogP contribution >= 0.6 is 11.6 Å². The molecule has 0 saturated carbocycles. The molecule has 2 rings (SSSR count). The molecule has 1 N–H and O–H groups in total. The Morgan fingerprint density at radius 3 is 2.86 bits per heavy atom. The zero-order chi connectivity index (χ0) is 10.3. The van der Waals surface area contributed by atoms with E-state index in [9.17, 15) is 4.79 Å². The van der Waals surface area contributed by atoms with Gasteiger partial charge in [0.1, 0.15) is 5.15 Å². The van der Waals surface area contributed by atoms with Gasteiger partial charge in [-0.25, -0.2) is 9.78 Å². The van der Waals surface area contributed by atoms with Gasteiger partial charge in [0.05, 0.1) is 5.52 Å². The lowest BCUT2D eigenvalue weighted by Crippen LogP contribution is -2.18. The van der Waals surface area contributed by atoms with Crippen LogP contribution in [0.15, 0.2) is 16.9 Å². The minimum Gasteiger partial charge on any atom is -0.304 e. The molecule has 2 aromatic heterocycles. The molecule has 0 amide bonds. The van der Waals surface area contributed by atoms with Crippen molar-refractivity contribution in [2.45, 2.75) is 19.9 Å². The number of H-pyrrole nitrogens is 1. The van der Waals surface area contributed by atoms with Crippen LogP contribution < -0.4 is 5.69 Å². The fourth-order valence-electron chi connectivity index (χ4n) is 1.46. The second kappa shape index (κ2) is 3.13. The Morgan fingerprint density at radius 1 is 1.50 bits per heavy atom. The number of aromatic amines is 1. The summed E-state index contributed by atoms with van der Waals surface area (Å²) >= 11 is 5.76. The van der Waals surface area contributed by atoms with Crippen LogP contribution in [0.4, 0.5) is 0 Å². The van der Waals surface area contributed by atoms with Crippen molar-refractivity contribution in [3.63, 3.8) is 0 Å². The normalized spacial score (nSPS) is 11.4. The van der Waals surface area contributed by atoms with Crippen LogP contribution in [0.2, 0.25) is 5.15 Å². The Hall–Kier alpha value is -1.29. The highest BCUT2D eigenvalue weighted by molar-refractivity contribution is 6.29. The number of aromatic nitrogens is 3. The molecule has 0 aliphatic carbocycles. The number of hydrogen-bond acceptors (Lipinski definition) is 2. The Bertz CT molecular complexity index is 526. The number of pyridine rings is 1. The quantitative estimate of drug-likeness (QED) is 0.734. The van der Waals surface area contributed by atoms with E-state index < -0.39 is 0 Å². The molecule has 2 aromatic rings. The van der Waals surface area contributed by atoms with E-state index in [2.05, 4.69) is 9.97 Å². The van der Waals surface area contributed by atoms with E-state index >= 15 is 0 Å². The van der Waals surface area contributed by atoms with Crippen molar-refractivity contribution in [1.82, 2.24) is 14.5 Å². The number of nitrogens with zero attached hydrogens (tertiary/aromatic N) is 2. The lowest BCUT2D eigenvalue weighted by atomic mass is 10.4. The molecule has 74 valence electrons. The maximum atomic E-state index is 11.5. The van der Waals surface area contributed by atoms with Crippen molar-refractivity contribution in [1.29, 1.82) is 0 Å². The van der Waals surface area contributed by atoms with Gasteiger partial charge in [-0.2, -0.15) is 0 Å². The molecule has 0 unspecified atom stereocenters. The van der Waals surface area contributed by atoms with Crippen LogP contribution in [-0.2, 0) is 0 Å². The highest BCUT2D eigenvalue weighted by Crippen LogP contribution is 2.14. The van der Waals surface area contributed by atoms with Gasteiger partial charge in [-0.3, -0.25) is 4.57 Å². The first kappa shape index (κ1) is 9.27. The zero-order valence-corrected chi connectivity index (χ0v) is 8.67. The average Bonchev–Trinajstić information content (AvgIpc) is 2.40. The van der Waals surface area contributed by atoms with Crippen molar-refractivity contribution < 1.29 is 0 Å². The molecule has 0 aromatic carbocycles. The SMILES string of the molecule is CC(C)n1c(=O)[nH]c2ccc(Cl)nc21. The highest BCUT2D eigenvalue weighted by atomic mass is 35.5. The molecule has 0 aliphatic rings. The molecule has 2 heterocycles. The Balaban J connectivity index is 2.86. The Kier molecular flexibility index (Phi) is 2.07. The molecule has 0 saturated heterocycles. The largest absolute Gasteiger partial charge is 0.327 e. The first-order valence-corrected chi connectivity index (χ1v) is 4.74. The number of rotatable bonds is 1. The fourth-order valence-corrected chi connectivity index (χ4v) is 1.60. The third-order valence-electron chi connectivity index (χ3n) is 2.05. The number of halogens is 1. The first-order valence-electron chi connectivity index (χ1n) is 4.36. The predicted octanol–water partition coefficient (Wildman–Crippen LogP) is 1.96. The van der Waals surface area contributed by atoms with Crippen molar-refractivity contribution in [2.24, 2.45) is 0 Å². The molecule has 0 fully saturated rings. The van der Waals surface area contributed by atoms with Gasteiger partial charge in [0, 0.05) is 6.04 Å². The monoisotopic (exact) mass is 211 g/mol. The predicted molar refractivity (Wildman–Crippen MR) is 55.7 cm³/mol. The summed E-state index contributed by atoms with van der Waals surface area (Å²) in [5, 5.41) is 0.394. The first-order chi connectivity index (χ1) is 6.59. The Labute approximate surface area is 85.5 Å². The number of fused-ring (bicyclic) bond motifs is 1. The zero-order valence-electron chi connectivity index (χ0n) is 7.91. The van der Waals surface area contributed by atoms with E-state index in [1.165, 1.54) is 0 Å². The minimum atomic E-state index is -0.148. The van der Waals surface area contributed by atoms with Crippen LogP contribution in [0.1, 0.15) is 19.9 Å². The van der Waals surface area contributed by atoms with Crippen molar-refractivity contribution >= 4 is 22.8 Å². The average molecular weight is 212 g/mol. The summed E-state index contributed by atoms with van der Waals surface area (Å²) in [4.78, 5) is 18.4. The van der Waals surface area contributed by atoms with Crippen LogP contribution in [0.5, 0.6) is 0 Å². The van der Waals surface area contributed by atoms with Crippen LogP contribution in [-0.4, -0.2) is 14.5 Å². The molecule has 0 spiro atoms. The lowest BCUT2D eigenvalue weighted by molar-refractivity contribution is 0.593. The summed E-state index contributed by atoms with van der Waals surface area (Å²) in [5.41, 5.74) is 1.18. The molecular weight excluding hydrogens is 202 g/mol. The van der Waals surface area contributed by atoms with E-state index in [0.29, 0.717) is 16.3 Å². The number of hydrogen-bond donors (Lipinski definition) is 1. The van der Waals surface area contributed by atoms with E-state index in [1.54, 1.807) is 16.7 Å².